The Morgan fingerprint density at radius 2 is 2.27 bits per heavy atom. The van der Waals surface area contributed by atoms with Crippen LogP contribution in [-0.2, 0) is 0 Å². The van der Waals surface area contributed by atoms with Gasteiger partial charge in [-0.25, -0.2) is 0 Å². The average molecular weight is 225 g/mol. The third-order valence-electron chi connectivity index (χ3n) is 3.96. The van der Waals surface area contributed by atoms with Gasteiger partial charge in [0.05, 0.1) is 0 Å². The van der Waals surface area contributed by atoms with E-state index >= 15 is 0 Å². The smallest absolute Gasteiger partial charge is 0.00728 e. The van der Waals surface area contributed by atoms with E-state index in [9.17, 15) is 0 Å². The van der Waals surface area contributed by atoms with E-state index in [4.69, 9.17) is 0 Å². The van der Waals surface area contributed by atoms with Crippen molar-refractivity contribution >= 4 is 11.8 Å². The van der Waals surface area contributed by atoms with Crippen LogP contribution in [0, 0.1) is 17.8 Å². The number of hydrogen-bond acceptors (Lipinski definition) is 2. The van der Waals surface area contributed by atoms with Gasteiger partial charge in [-0.3, -0.25) is 0 Å². The third kappa shape index (κ3) is 2.79. The molecule has 0 saturated heterocycles. The van der Waals surface area contributed by atoms with Crippen molar-refractivity contribution in [2.75, 3.05) is 18.6 Å². The maximum atomic E-state index is 3.70. The van der Waals surface area contributed by atoms with E-state index in [1.54, 1.807) is 0 Å². The topological polar surface area (TPSA) is 12.0 Å². The van der Waals surface area contributed by atoms with E-state index in [2.05, 4.69) is 30.6 Å². The number of nitrogens with one attached hydrogen (secondary N) is 1. The predicted octanol–water partition coefficient (Wildman–Crippen LogP) is 2.93. The molecule has 0 aromatic carbocycles. The summed E-state index contributed by atoms with van der Waals surface area (Å²) in [5, 5.41) is 3.70. The molecule has 1 nitrogen and oxygen atoms in total. The Bertz CT molecular complexity index is 227. The Kier molecular flexibility index (Phi) is 4.15. The highest BCUT2D eigenvalue weighted by Crippen LogP contribution is 2.44. The summed E-state index contributed by atoms with van der Waals surface area (Å²) in [6, 6.07) is 0.715. The van der Waals surface area contributed by atoms with Crippen LogP contribution in [0.3, 0.4) is 0 Å². The molecule has 2 bridgehead atoms. The number of hydrogen-bond donors (Lipinski definition) is 1. The third-order valence-corrected chi connectivity index (χ3v) is 4.66. The first-order valence-electron chi connectivity index (χ1n) is 6.22. The van der Waals surface area contributed by atoms with E-state index in [0.29, 0.717) is 6.04 Å². The Hall–Kier alpha value is 0.0500. The van der Waals surface area contributed by atoms with Gasteiger partial charge in [0.25, 0.3) is 0 Å². The standard InChI is InChI=1S/C13H23NS/c1-10(14-6-3-7-15-2)13-9-11-4-5-12(13)8-11/h4-5,10-14H,3,6-9H2,1-2H3. The molecule has 15 heavy (non-hydrogen) atoms. The van der Waals surface area contributed by atoms with E-state index < -0.39 is 0 Å². The Morgan fingerprint density at radius 3 is 2.87 bits per heavy atom. The van der Waals surface area contributed by atoms with Crippen LogP contribution >= 0.6 is 11.8 Å². The van der Waals surface area contributed by atoms with E-state index in [-0.39, 0.29) is 0 Å². The van der Waals surface area contributed by atoms with Crippen molar-refractivity contribution in [1.29, 1.82) is 0 Å². The van der Waals surface area contributed by atoms with Crippen molar-refractivity contribution in [2.24, 2.45) is 17.8 Å². The summed E-state index contributed by atoms with van der Waals surface area (Å²) in [4.78, 5) is 0. The molecule has 0 aromatic heterocycles. The molecule has 86 valence electrons. The van der Waals surface area contributed by atoms with Crippen LogP contribution < -0.4 is 5.32 Å². The van der Waals surface area contributed by atoms with E-state index in [1.807, 2.05) is 11.8 Å². The summed E-state index contributed by atoms with van der Waals surface area (Å²) in [6.45, 7) is 3.57. The van der Waals surface area contributed by atoms with Crippen molar-refractivity contribution in [1.82, 2.24) is 5.32 Å². The molecule has 2 rings (SSSR count). The monoisotopic (exact) mass is 225 g/mol. The lowest BCUT2D eigenvalue weighted by Gasteiger charge is -2.26. The van der Waals surface area contributed by atoms with Gasteiger partial charge in [-0.2, -0.15) is 11.8 Å². The first-order valence-corrected chi connectivity index (χ1v) is 7.61. The molecule has 2 heteroatoms. The molecule has 0 aromatic rings. The SMILES string of the molecule is CSCCCNC(C)C1CC2C=CC1C2. The van der Waals surface area contributed by atoms with Crippen LogP contribution in [0.25, 0.3) is 0 Å². The Labute approximate surface area is 98.1 Å². The first-order chi connectivity index (χ1) is 7.31. The van der Waals surface area contributed by atoms with Crippen molar-refractivity contribution in [3.63, 3.8) is 0 Å². The van der Waals surface area contributed by atoms with Gasteiger partial charge in [-0.05, 0) is 62.5 Å². The van der Waals surface area contributed by atoms with E-state index in [1.165, 1.54) is 31.6 Å². The maximum Gasteiger partial charge on any atom is 0.00728 e. The lowest BCUT2D eigenvalue weighted by atomic mass is 9.87. The zero-order chi connectivity index (χ0) is 10.7. The molecular weight excluding hydrogens is 202 g/mol. The fourth-order valence-corrected chi connectivity index (χ4v) is 3.53. The molecule has 2 aliphatic carbocycles. The molecule has 1 N–H and O–H groups in total. The van der Waals surface area contributed by atoms with Gasteiger partial charge in [-0.1, -0.05) is 12.2 Å². The van der Waals surface area contributed by atoms with Crippen molar-refractivity contribution in [3.8, 4) is 0 Å². The van der Waals surface area contributed by atoms with Crippen molar-refractivity contribution < 1.29 is 0 Å². The lowest BCUT2D eigenvalue weighted by molar-refractivity contribution is 0.329. The summed E-state index contributed by atoms with van der Waals surface area (Å²) >= 11 is 1.95. The highest BCUT2D eigenvalue weighted by atomic mass is 32.2. The fraction of sp³-hybridized carbons (Fsp3) is 0.846. The van der Waals surface area contributed by atoms with Gasteiger partial charge in [0.15, 0.2) is 0 Å². The lowest BCUT2D eigenvalue weighted by Crippen LogP contribution is -2.36. The second-order valence-electron chi connectivity index (χ2n) is 5.03. The number of thioether (sulfide) groups is 1. The highest BCUT2D eigenvalue weighted by Gasteiger charge is 2.37. The normalized spacial score (nSPS) is 34.9. The van der Waals surface area contributed by atoms with Crippen LogP contribution in [0.15, 0.2) is 12.2 Å². The number of rotatable bonds is 6. The van der Waals surface area contributed by atoms with Crippen LogP contribution in [0.1, 0.15) is 26.2 Å². The highest BCUT2D eigenvalue weighted by molar-refractivity contribution is 7.98. The minimum atomic E-state index is 0.715. The number of allylic oxidation sites excluding steroid dienone is 2. The summed E-state index contributed by atoms with van der Waals surface area (Å²) in [5.41, 5.74) is 0. The maximum absolute atomic E-state index is 3.70. The molecule has 2 aliphatic rings. The second kappa shape index (κ2) is 5.40. The molecular formula is C13H23NS. The van der Waals surface area contributed by atoms with Gasteiger partial charge in [0.2, 0.25) is 0 Å². The van der Waals surface area contributed by atoms with Crippen molar-refractivity contribution in [2.45, 2.75) is 32.2 Å². The zero-order valence-corrected chi connectivity index (χ0v) is 10.7. The zero-order valence-electron chi connectivity index (χ0n) is 9.91. The number of fused-ring (bicyclic) bond motifs is 2. The second-order valence-corrected chi connectivity index (χ2v) is 6.02. The largest absolute Gasteiger partial charge is 0.314 e. The molecule has 0 radical (unpaired) electrons. The molecule has 0 heterocycles. The summed E-state index contributed by atoms with van der Waals surface area (Å²) in [7, 11) is 0. The average Bonchev–Trinajstić information content (AvgIpc) is 2.85. The Morgan fingerprint density at radius 1 is 1.40 bits per heavy atom. The van der Waals surface area contributed by atoms with Gasteiger partial charge in [0.1, 0.15) is 0 Å². The van der Waals surface area contributed by atoms with Gasteiger partial charge >= 0.3 is 0 Å². The molecule has 4 atom stereocenters. The van der Waals surface area contributed by atoms with Gasteiger partial charge in [-0.15, -0.1) is 0 Å². The Balaban J connectivity index is 1.68. The van der Waals surface area contributed by atoms with Crippen LogP contribution in [0.4, 0.5) is 0 Å². The molecule has 0 spiro atoms. The quantitative estimate of drug-likeness (QED) is 0.551. The van der Waals surface area contributed by atoms with Gasteiger partial charge in [0, 0.05) is 6.04 Å². The predicted molar refractivity (Wildman–Crippen MR) is 69.3 cm³/mol. The first kappa shape index (κ1) is 11.5. The molecule has 4 unspecified atom stereocenters. The minimum absolute atomic E-state index is 0.715. The van der Waals surface area contributed by atoms with Gasteiger partial charge < -0.3 is 5.32 Å². The molecule has 1 saturated carbocycles. The fourth-order valence-electron chi connectivity index (χ4n) is 3.10. The molecule has 0 amide bonds. The molecule has 1 fully saturated rings. The van der Waals surface area contributed by atoms with E-state index in [0.717, 1.165) is 17.8 Å². The summed E-state index contributed by atoms with van der Waals surface area (Å²) in [6.07, 6.45) is 11.2. The summed E-state index contributed by atoms with van der Waals surface area (Å²) < 4.78 is 0. The minimum Gasteiger partial charge on any atom is -0.314 e. The van der Waals surface area contributed by atoms with Crippen LogP contribution in [0.5, 0.6) is 0 Å². The summed E-state index contributed by atoms with van der Waals surface area (Å²) in [5.74, 6) is 4.00. The molecule has 0 aliphatic heterocycles. The van der Waals surface area contributed by atoms with Crippen LogP contribution in [-0.4, -0.2) is 24.6 Å². The van der Waals surface area contributed by atoms with Crippen LogP contribution in [0.2, 0.25) is 0 Å². The van der Waals surface area contributed by atoms with Crippen molar-refractivity contribution in [3.05, 3.63) is 12.2 Å².